The fourth-order valence-electron chi connectivity index (χ4n) is 8.55. The standard InChI is InChI=1S/C51H34N2O2/c1-51(2)41-20-9-8-18-40(41)47-42(51)26-27-46-49(47)55-45-21-11-19-39(48(45)54-46)33-15-10-16-35(28-33)43-30-44(53-50(52-43)32-13-4-3-5-14-32)36-24-25-38-34(29-36)23-22-31-12-6-7-17-37(31)38/h3-30H,1-2H3. The number of hydrogen-bond donors (Lipinski definition) is 0. The summed E-state index contributed by atoms with van der Waals surface area (Å²) < 4.78 is 13.6. The Morgan fingerprint density at radius 2 is 1.07 bits per heavy atom. The zero-order valence-corrected chi connectivity index (χ0v) is 30.4. The predicted molar refractivity (Wildman–Crippen MR) is 223 cm³/mol. The maximum absolute atomic E-state index is 6.79. The van der Waals surface area contributed by atoms with Crippen LogP contribution in [0.2, 0.25) is 0 Å². The van der Waals surface area contributed by atoms with E-state index in [2.05, 4.69) is 153 Å². The molecule has 11 rings (SSSR count). The van der Waals surface area contributed by atoms with Gasteiger partial charge in [0, 0.05) is 33.2 Å². The summed E-state index contributed by atoms with van der Waals surface area (Å²) in [5.41, 5.74) is 11.4. The van der Waals surface area contributed by atoms with Crippen molar-refractivity contribution in [3.8, 4) is 79.2 Å². The fourth-order valence-corrected chi connectivity index (χ4v) is 8.55. The third-order valence-electron chi connectivity index (χ3n) is 11.3. The first-order valence-electron chi connectivity index (χ1n) is 18.7. The molecule has 0 amide bonds. The molecule has 260 valence electrons. The molecule has 0 saturated heterocycles. The molecule has 0 saturated carbocycles. The Morgan fingerprint density at radius 1 is 0.418 bits per heavy atom. The van der Waals surface area contributed by atoms with E-state index in [0.717, 1.165) is 56.3 Å². The topological polar surface area (TPSA) is 44.2 Å². The minimum absolute atomic E-state index is 0.128. The molecule has 2 heterocycles. The first-order valence-corrected chi connectivity index (χ1v) is 18.7. The largest absolute Gasteiger partial charge is 0.449 e. The highest BCUT2D eigenvalue weighted by molar-refractivity contribution is 6.08. The second kappa shape index (κ2) is 12.0. The molecular formula is C51H34N2O2. The van der Waals surface area contributed by atoms with E-state index in [0.29, 0.717) is 17.3 Å². The lowest BCUT2D eigenvalue weighted by molar-refractivity contribution is 0.361. The van der Waals surface area contributed by atoms with Crippen molar-refractivity contribution in [2.75, 3.05) is 0 Å². The molecule has 0 atom stereocenters. The monoisotopic (exact) mass is 706 g/mol. The van der Waals surface area contributed by atoms with E-state index < -0.39 is 0 Å². The Morgan fingerprint density at radius 3 is 1.96 bits per heavy atom. The molecule has 0 radical (unpaired) electrons. The SMILES string of the molecule is CC1(C)c2ccccc2-c2c1ccc1c2Oc2cccc(-c3cccc(-c4cc(-c5ccc6c(ccc7ccccc76)c5)nc(-c5ccccc5)n4)c3)c2O1. The van der Waals surface area contributed by atoms with Crippen LogP contribution >= 0.6 is 0 Å². The second-order valence-electron chi connectivity index (χ2n) is 15.0. The number of para-hydroxylation sites is 1. The van der Waals surface area contributed by atoms with E-state index in [-0.39, 0.29) is 5.41 Å². The van der Waals surface area contributed by atoms with Gasteiger partial charge in [-0.3, -0.25) is 0 Å². The van der Waals surface area contributed by atoms with Gasteiger partial charge in [-0.2, -0.15) is 0 Å². The van der Waals surface area contributed by atoms with Crippen LogP contribution in [0, 0.1) is 0 Å². The molecular weight excluding hydrogens is 673 g/mol. The molecule has 2 aliphatic rings. The molecule has 4 heteroatoms. The summed E-state index contributed by atoms with van der Waals surface area (Å²) in [5, 5.41) is 4.88. The Bertz CT molecular complexity index is 3020. The Kier molecular flexibility index (Phi) is 6.86. The van der Waals surface area contributed by atoms with E-state index in [1.165, 1.54) is 38.2 Å². The van der Waals surface area contributed by atoms with Crippen molar-refractivity contribution in [1.82, 2.24) is 9.97 Å². The number of hydrogen-bond acceptors (Lipinski definition) is 4. The summed E-state index contributed by atoms with van der Waals surface area (Å²) in [5.74, 6) is 3.58. The molecule has 0 unspecified atom stereocenters. The summed E-state index contributed by atoms with van der Waals surface area (Å²) in [6, 6.07) is 59.3. The number of fused-ring (bicyclic) bond motifs is 9. The third kappa shape index (κ3) is 4.99. The summed E-state index contributed by atoms with van der Waals surface area (Å²) in [6.45, 7) is 4.55. The lowest BCUT2D eigenvalue weighted by Gasteiger charge is -2.26. The van der Waals surface area contributed by atoms with E-state index in [1.807, 2.05) is 30.3 Å². The first-order chi connectivity index (χ1) is 27.0. The van der Waals surface area contributed by atoms with Crippen molar-refractivity contribution in [2.24, 2.45) is 0 Å². The van der Waals surface area contributed by atoms with Crippen LogP contribution in [0.15, 0.2) is 170 Å². The molecule has 1 aliphatic carbocycles. The quantitative estimate of drug-likeness (QED) is 0.171. The van der Waals surface area contributed by atoms with Crippen LogP contribution in [0.25, 0.3) is 77.7 Å². The smallest absolute Gasteiger partial charge is 0.178 e. The van der Waals surface area contributed by atoms with Crippen LogP contribution in [0.3, 0.4) is 0 Å². The van der Waals surface area contributed by atoms with Gasteiger partial charge in [-0.15, -0.1) is 0 Å². The van der Waals surface area contributed by atoms with E-state index in [4.69, 9.17) is 19.4 Å². The summed E-state index contributed by atoms with van der Waals surface area (Å²) in [6.07, 6.45) is 0. The van der Waals surface area contributed by atoms with Crippen LogP contribution in [-0.4, -0.2) is 9.97 Å². The van der Waals surface area contributed by atoms with Gasteiger partial charge in [0.2, 0.25) is 0 Å². The second-order valence-corrected chi connectivity index (χ2v) is 15.0. The van der Waals surface area contributed by atoms with Gasteiger partial charge < -0.3 is 9.47 Å². The van der Waals surface area contributed by atoms with Crippen LogP contribution in [0.5, 0.6) is 23.0 Å². The van der Waals surface area contributed by atoms with Crippen LogP contribution in [0.1, 0.15) is 25.0 Å². The lowest BCUT2D eigenvalue weighted by atomic mass is 9.82. The summed E-state index contributed by atoms with van der Waals surface area (Å²) >= 11 is 0. The Balaban J connectivity index is 1.01. The molecule has 1 aromatic heterocycles. The minimum atomic E-state index is -0.128. The zero-order chi connectivity index (χ0) is 36.7. The van der Waals surface area contributed by atoms with Gasteiger partial charge >= 0.3 is 0 Å². The highest BCUT2D eigenvalue weighted by Gasteiger charge is 2.39. The lowest BCUT2D eigenvalue weighted by Crippen LogP contribution is -2.15. The van der Waals surface area contributed by atoms with Crippen LogP contribution in [-0.2, 0) is 5.41 Å². The average molecular weight is 707 g/mol. The number of aromatic nitrogens is 2. The summed E-state index contributed by atoms with van der Waals surface area (Å²) in [7, 11) is 0. The molecule has 0 fully saturated rings. The zero-order valence-electron chi connectivity index (χ0n) is 30.4. The molecule has 9 aromatic rings. The molecule has 4 nitrogen and oxygen atoms in total. The highest BCUT2D eigenvalue weighted by atomic mass is 16.6. The normalized spacial score (nSPS) is 13.3. The van der Waals surface area contributed by atoms with Crippen molar-refractivity contribution >= 4 is 21.5 Å². The third-order valence-corrected chi connectivity index (χ3v) is 11.3. The number of ether oxygens (including phenoxy) is 2. The van der Waals surface area contributed by atoms with Gasteiger partial charge in [-0.1, -0.05) is 153 Å². The van der Waals surface area contributed by atoms with E-state index >= 15 is 0 Å². The highest BCUT2D eigenvalue weighted by Crippen LogP contribution is 2.59. The molecule has 1 aliphatic heterocycles. The van der Waals surface area contributed by atoms with Crippen LogP contribution < -0.4 is 9.47 Å². The van der Waals surface area contributed by atoms with Gasteiger partial charge in [0.1, 0.15) is 0 Å². The van der Waals surface area contributed by atoms with Crippen molar-refractivity contribution in [3.05, 3.63) is 181 Å². The Hall–Kier alpha value is -7.04. The number of benzene rings is 8. The molecule has 0 N–H and O–H groups in total. The van der Waals surface area contributed by atoms with Gasteiger partial charge in [0.25, 0.3) is 0 Å². The summed E-state index contributed by atoms with van der Waals surface area (Å²) in [4.78, 5) is 10.3. The van der Waals surface area contributed by atoms with Crippen molar-refractivity contribution < 1.29 is 9.47 Å². The fraction of sp³-hybridized carbons (Fsp3) is 0.0588. The van der Waals surface area contributed by atoms with Crippen molar-refractivity contribution in [2.45, 2.75) is 19.3 Å². The van der Waals surface area contributed by atoms with Gasteiger partial charge in [0.05, 0.1) is 11.4 Å². The van der Waals surface area contributed by atoms with Crippen molar-refractivity contribution in [3.63, 3.8) is 0 Å². The molecule has 8 aromatic carbocycles. The van der Waals surface area contributed by atoms with Crippen molar-refractivity contribution in [1.29, 1.82) is 0 Å². The maximum Gasteiger partial charge on any atom is 0.178 e. The van der Waals surface area contributed by atoms with Gasteiger partial charge in [-0.05, 0) is 74.1 Å². The van der Waals surface area contributed by atoms with Gasteiger partial charge in [0.15, 0.2) is 28.8 Å². The predicted octanol–water partition coefficient (Wildman–Crippen LogP) is 13.7. The average Bonchev–Trinajstić information content (AvgIpc) is 3.48. The Labute approximate surface area is 319 Å². The molecule has 0 spiro atoms. The van der Waals surface area contributed by atoms with Crippen LogP contribution in [0.4, 0.5) is 0 Å². The number of nitrogens with zero attached hydrogens (tertiary/aromatic N) is 2. The first kappa shape index (κ1) is 31.5. The van der Waals surface area contributed by atoms with E-state index in [1.54, 1.807) is 0 Å². The molecule has 0 bridgehead atoms. The minimum Gasteiger partial charge on any atom is -0.449 e. The molecule has 55 heavy (non-hydrogen) atoms. The number of rotatable bonds is 4. The maximum atomic E-state index is 6.79. The van der Waals surface area contributed by atoms with Gasteiger partial charge in [-0.25, -0.2) is 9.97 Å². The van der Waals surface area contributed by atoms with E-state index in [9.17, 15) is 0 Å².